The first-order valence-electron chi connectivity index (χ1n) is 15.1. The number of pyridine rings is 2. The predicted molar refractivity (Wildman–Crippen MR) is 171 cm³/mol. The highest BCUT2D eigenvalue weighted by molar-refractivity contribution is 7.89. The largest absolute Gasteiger partial charge is 0.480 e. The van der Waals surface area contributed by atoms with Gasteiger partial charge in [-0.3, -0.25) is 19.7 Å². The van der Waals surface area contributed by atoms with Crippen LogP contribution in [0.25, 0.3) is 10.9 Å². The smallest absolute Gasteiger partial charge is 0.289 e. The molecular weight excluding hydrogens is 626 g/mol. The fraction of sp³-hybridized carbons (Fsp3) is 0.312. The van der Waals surface area contributed by atoms with Gasteiger partial charge in [0.05, 0.1) is 27.8 Å². The number of benzene rings is 2. The molecule has 15 heteroatoms. The van der Waals surface area contributed by atoms with E-state index in [4.69, 9.17) is 4.74 Å². The molecular formula is C32H31N7O7S. The summed E-state index contributed by atoms with van der Waals surface area (Å²) in [5, 5.41) is 28.1. The molecule has 1 fully saturated rings. The number of fused-ring (bicyclic) bond motifs is 2. The maximum Gasteiger partial charge on any atom is 0.289 e. The highest BCUT2D eigenvalue weighted by Crippen LogP contribution is 2.31. The van der Waals surface area contributed by atoms with Gasteiger partial charge in [0.1, 0.15) is 0 Å². The molecule has 0 spiro atoms. The summed E-state index contributed by atoms with van der Waals surface area (Å²) in [5.74, 6) is 0.416. The van der Waals surface area contributed by atoms with E-state index in [0.717, 1.165) is 11.8 Å². The van der Waals surface area contributed by atoms with Gasteiger partial charge >= 0.3 is 0 Å². The number of ether oxygens (including phenoxy) is 1. The van der Waals surface area contributed by atoms with Crippen molar-refractivity contribution in [3.63, 3.8) is 0 Å². The molecule has 0 bridgehead atoms. The molecule has 47 heavy (non-hydrogen) atoms. The Morgan fingerprint density at radius 2 is 1.85 bits per heavy atom. The standard InChI is InChI=1S/C32H31N7O7S/c33-16-20-5-6-22-9-14-31(41)38(27(22)15-20)18-25(37-47(44,45)29-4-2-1-3-26(29)39(42)43)21-7-10-23(11-8-21)34-17-24-12-13-28-32(35-24)36-30(40)19-46-28/h1-6,9,12-15,21,23,25,34,37H,7-8,10-11,17-19H2,(H,35,36,40)/t21-,23-,25?. The van der Waals surface area contributed by atoms with E-state index in [0.29, 0.717) is 60.3 Å². The molecule has 2 aromatic heterocycles. The first kappa shape index (κ1) is 31.8. The summed E-state index contributed by atoms with van der Waals surface area (Å²) in [5.41, 5.74) is 0.648. The first-order chi connectivity index (χ1) is 22.6. The van der Waals surface area contributed by atoms with Crippen molar-refractivity contribution in [3.05, 3.63) is 98.5 Å². The van der Waals surface area contributed by atoms with Crippen LogP contribution in [0.2, 0.25) is 0 Å². The van der Waals surface area contributed by atoms with Crippen LogP contribution in [0.4, 0.5) is 11.5 Å². The Balaban J connectivity index is 1.23. The van der Waals surface area contributed by atoms with E-state index in [1.54, 1.807) is 30.3 Å². The summed E-state index contributed by atoms with van der Waals surface area (Å²) < 4.78 is 36.9. The number of amides is 1. The van der Waals surface area contributed by atoms with Crippen molar-refractivity contribution >= 4 is 38.3 Å². The summed E-state index contributed by atoms with van der Waals surface area (Å²) in [7, 11) is -4.38. The topological polar surface area (TPSA) is 198 Å². The lowest BCUT2D eigenvalue weighted by Gasteiger charge is -2.35. The second kappa shape index (κ2) is 13.3. The van der Waals surface area contributed by atoms with Gasteiger partial charge in [0.2, 0.25) is 10.0 Å². The second-order valence-corrected chi connectivity index (χ2v) is 13.3. The average molecular weight is 658 g/mol. The van der Waals surface area contributed by atoms with Gasteiger partial charge in [-0.1, -0.05) is 18.2 Å². The van der Waals surface area contributed by atoms with Crippen LogP contribution in [0.5, 0.6) is 5.75 Å². The number of hydrogen-bond acceptors (Lipinski definition) is 10. The van der Waals surface area contributed by atoms with Gasteiger partial charge in [0, 0.05) is 37.3 Å². The van der Waals surface area contributed by atoms with Crippen LogP contribution in [0.1, 0.15) is 36.9 Å². The minimum Gasteiger partial charge on any atom is -0.480 e. The van der Waals surface area contributed by atoms with Crippen molar-refractivity contribution in [2.24, 2.45) is 5.92 Å². The number of anilines is 1. The van der Waals surface area contributed by atoms with Gasteiger partial charge in [0.25, 0.3) is 17.2 Å². The molecule has 0 saturated heterocycles. The number of rotatable bonds is 10. The zero-order valence-electron chi connectivity index (χ0n) is 25.1. The predicted octanol–water partition coefficient (Wildman–Crippen LogP) is 3.20. The molecule has 1 amide bonds. The fourth-order valence-corrected chi connectivity index (χ4v) is 7.67. The average Bonchev–Trinajstić information content (AvgIpc) is 3.07. The van der Waals surface area contributed by atoms with E-state index < -0.39 is 31.6 Å². The number of carbonyl (C=O) groups excluding carboxylic acids is 1. The summed E-state index contributed by atoms with van der Waals surface area (Å²) in [6.07, 6.45) is 2.60. The minimum absolute atomic E-state index is 0.0412. The zero-order chi connectivity index (χ0) is 33.1. The third-order valence-electron chi connectivity index (χ3n) is 8.60. The van der Waals surface area contributed by atoms with Crippen molar-refractivity contribution in [3.8, 4) is 11.8 Å². The number of hydrogen-bond donors (Lipinski definition) is 3. The van der Waals surface area contributed by atoms with Crippen molar-refractivity contribution in [1.82, 2.24) is 19.6 Å². The van der Waals surface area contributed by atoms with Crippen LogP contribution in [0.3, 0.4) is 0 Å². The third kappa shape index (κ3) is 6.99. The molecule has 1 atom stereocenters. The van der Waals surface area contributed by atoms with Gasteiger partial charge < -0.3 is 19.9 Å². The Hall–Kier alpha value is -5.17. The SMILES string of the molecule is N#Cc1ccc2ccc(=O)n(CC(NS(=O)(=O)c3ccccc3[N+](=O)[O-])[C@H]3CC[C@H](NCc4ccc5c(n4)NC(=O)CO5)CC3)c2c1. The number of nitriles is 1. The number of para-hydroxylation sites is 1. The van der Waals surface area contributed by atoms with Gasteiger partial charge in [-0.25, -0.2) is 18.1 Å². The van der Waals surface area contributed by atoms with Crippen LogP contribution in [-0.4, -0.2) is 47.5 Å². The number of nitrogens with zero attached hydrogens (tertiary/aromatic N) is 4. The Morgan fingerprint density at radius 1 is 1.09 bits per heavy atom. The first-order valence-corrected chi connectivity index (χ1v) is 16.5. The van der Waals surface area contributed by atoms with E-state index >= 15 is 0 Å². The number of carbonyl (C=O) groups is 1. The van der Waals surface area contributed by atoms with Crippen molar-refractivity contribution in [1.29, 1.82) is 5.26 Å². The number of nitro benzene ring substituents is 1. The Bertz CT molecular complexity index is 2070. The van der Waals surface area contributed by atoms with Gasteiger partial charge in [0.15, 0.2) is 23.1 Å². The number of nitro groups is 1. The lowest BCUT2D eigenvalue weighted by atomic mass is 9.81. The molecule has 1 aliphatic heterocycles. The van der Waals surface area contributed by atoms with Crippen molar-refractivity contribution in [2.75, 3.05) is 11.9 Å². The zero-order valence-corrected chi connectivity index (χ0v) is 25.9. The number of sulfonamides is 1. The van der Waals surface area contributed by atoms with Gasteiger partial charge in [-0.05, 0) is 73.4 Å². The summed E-state index contributed by atoms with van der Waals surface area (Å²) in [6, 6.07) is 18.1. The lowest BCUT2D eigenvalue weighted by molar-refractivity contribution is -0.387. The van der Waals surface area contributed by atoms with Crippen LogP contribution in [0.15, 0.2) is 76.4 Å². The van der Waals surface area contributed by atoms with E-state index in [-0.39, 0.29) is 36.6 Å². The molecule has 6 rings (SSSR count). The monoisotopic (exact) mass is 657 g/mol. The van der Waals surface area contributed by atoms with Crippen LogP contribution < -0.4 is 25.7 Å². The molecule has 1 aliphatic carbocycles. The Kier molecular flexibility index (Phi) is 8.99. The number of nitrogens with one attached hydrogen (secondary N) is 3. The van der Waals surface area contributed by atoms with Crippen molar-refractivity contribution < 1.29 is 22.9 Å². The maximum atomic E-state index is 13.7. The van der Waals surface area contributed by atoms with Crippen LogP contribution >= 0.6 is 0 Å². The van der Waals surface area contributed by atoms with E-state index in [1.807, 2.05) is 6.07 Å². The second-order valence-electron chi connectivity index (χ2n) is 11.6. The molecule has 0 radical (unpaired) electrons. The minimum atomic E-state index is -4.38. The summed E-state index contributed by atoms with van der Waals surface area (Å²) >= 11 is 0. The Morgan fingerprint density at radius 3 is 2.62 bits per heavy atom. The molecule has 4 aromatic rings. The summed E-state index contributed by atoms with van der Waals surface area (Å²) in [6.45, 7) is 0.351. The molecule has 3 heterocycles. The highest BCUT2D eigenvalue weighted by Gasteiger charge is 2.34. The van der Waals surface area contributed by atoms with Crippen molar-refractivity contribution in [2.45, 2.75) is 55.8 Å². The molecule has 2 aromatic carbocycles. The quantitative estimate of drug-likeness (QED) is 0.168. The molecule has 2 aliphatic rings. The van der Waals surface area contributed by atoms with E-state index in [9.17, 15) is 33.4 Å². The molecule has 1 saturated carbocycles. The van der Waals surface area contributed by atoms with Crippen LogP contribution in [0, 0.1) is 27.4 Å². The third-order valence-corrected chi connectivity index (χ3v) is 10.1. The van der Waals surface area contributed by atoms with Gasteiger partial charge in [-0.15, -0.1) is 0 Å². The molecule has 1 unspecified atom stereocenters. The summed E-state index contributed by atoms with van der Waals surface area (Å²) in [4.78, 5) is 39.8. The molecule has 242 valence electrons. The Labute approximate surface area is 269 Å². The highest BCUT2D eigenvalue weighted by atomic mass is 32.2. The normalized spacial score (nSPS) is 18.4. The molecule has 3 N–H and O–H groups in total. The number of aromatic nitrogens is 2. The van der Waals surface area contributed by atoms with Gasteiger partial charge in [-0.2, -0.15) is 5.26 Å². The van der Waals surface area contributed by atoms with Crippen LogP contribution in [-0.2, 0) is 27.9 Å². The fourth-order valence-electron chi connectivity index (χ4n) is 6.20. The maximum absolute atomic E-state index is 13.7. The molecule has 14 nitrogen and oxygen atoms in total. The van der Waals surface area contributed by atoms with E-state index in [1.165, 1.54) is 28.8 Å². The lowest BCUT2D eigenvalue weighted by Crippen LogP contribution is -2.47. The van der Waals surface area contributed by atoms with E-state index in [2.05, 4.69) is 26.4 Å².